The van der Waals surface area contributed by atoms with Crippen molar-refractivity contribution in [2.75, 3.05) is 0 Å². The number of carboxylic acids is 1. The Morgan fingerprint density at radius 2 is 1.68 bits per heavy atom. The first-order valence-corrected chi connectivity index (χ1v) is 10.3. The van der Waals surface area contributed by atoms with Gasteiger partial charge in [0.1, 0.15) is 23.0 Å². The van der Waals surface area contributed by atoms with Crippen LogP contribution in [0.3, 0.4) is 0 Å². The minimum Gasteiger partial charge on any atom is -0.481 e. The minimum absolute atomic E-state index is 0.0892. The Hall–Kier alpha value is -4.66. The normalized spacial score (nSPS) is 11.6. The summed E-state index contributed by atoms with van der Waals surface area (Å²) < 4.78 is 20.3. The van der Waals surface area contributed by atoms with Crippen molar-refractivity contribution in [2.24, 2.45) is 0 Å². The SMILES string of the molecule is O=C(O)CC(NC(=O)c1cc(=O)n(-c2cccc(F)c2)[nH]1)c1ccc(Oc2ccccc2)cc1. The second-order valence-corrected chi connectivity index (χ2v) is 7.43. The molecule has 4 rings (SSSR count). The van der Waals surface area contributed by atoms with Gasteiger partial charge in [0.2, 0.25) is 0 Å². The van der Waals surface area contributed by atoms with E-state index in [1.54, 1.807) is 36.4 Å². The van der Waals surface area contributed by atoms with E-state index >= 15 is 0 Å². The Morgan fingerprint density at radius 1 is 0.971 bits per heavy atom. The van der Waals surface area contributed by atoms with E-state index in [9.17, 15) is 23.9 Å². The molecule has 0 aliphatic carbocycles. The van der Waals surface area contributed by atoms with Crippen LogP contribution in [-0.2, 0) is 4.79 Å². The van der Waals surface area contributed by atoms with E-state index in [1.807, 2.05) is 18.2 Å². The van der Waals surface area contributed by atoms with Crippen LogP contribution in [0, 0.1) is 5.82 Å². The number of hydrogen-bond donors (Lipinski definition) is 3. The summed E-state index contributed by atoms with van der Waals surface area (Å²) in [6, 6.07) is 21.3. The van der Waals surface area contributed by atoms with E-state index in [0.717, 1.165) is 16.8 Å². The topological polar surface area (TPSA) is 113 Å². The summed E-state index contributed by atoms with van der Waals surface area (Å²) in [7, 11) is 0. The van der Waals surface area contributed by atoms with Gasteiger partial charge in [0, 0.05) is 6.07 Å². The van der Waals surface area contributed by atoms with Crippen molar-refractivity contribution in [1.29, 1.82) is 0 Å². The number of carboxylic acid groups (broad SMARTS) is 1. The number of carbonyl (C=O) groups excluding carboxylic acids is 1. The summed E-state index contributed by atoms with van der Waals surface area (Å²) >= 11 is 0. The largest absolute Gasteiger partial charge is 0.481 e. The van der Waals surface area contributed by atoms with Gasteiger partial charge in [-0.3, -0.25) is 19.5 Å². The third-order valence-electron chi connectivity index (χ3n) is 4.98. The lowest BCUT2D eigenvalue weighted by Crippen LogP contribution is -2.30. The number of nitrogens with zero attached hydrogens (tertiary/aromatic N) is 1. The lowest BCUT2D eigenvalue weighted by atomic mass is 10.0. The van der Waals surface area contributed by atoms with Crippen molar-refractivity contribution < 1.29 is 23.8 Å². The zero-order chi connectivity index (χ0) is 24.1. The van der Waals surface area contributed by atoms with E-state index in [0.29, 0.717) is 17.1 Å². The highest BCUT2D eigenvalue weighted by molar-refractivity contribution is 5.92. The molecule has 1 atom stereocenters. The van der Waals surface area contributed by atoms with Gasteiger partial charge in [0.25, 0.3) is 11.5 Å². The van der Waals surface area contributed by atoms with E-state index in [2.05, 4.69) is 10.4 Å². The van der Waals surface area contributed by atoms with Gasteiger partial charge in [-0.1, -0.05) is 36.4 Å². The number of aromatic amines is 1. The molecule has 0 aliphatic heterocycles. The van der Waals surface area contributed by atoms with E-state index in [1.165, 1.54) is 18.2 Å². The van der Waals surface area contributed by atoms with Crippen molar-refractivity contribution in [3.63, 3.8) is 0 Å². The van der Waals surface area contributed by atoms with Crippen LogP contribution in [0.4, 0.5) is 4.39 Å². The molecular formula is C25H20FN3O5. The fourth-order valence-corrected chi connectivity index (χ4v) is 3.37. The summed E-state index contributed by atoms with van der Waals surface area (Å²) in [6.07, 6.45) is -0.376. The quantitative estimate of drug-likeness (QED) is 0.367. The van der Waals surface area contributed by atoms with Gasteiger partial charge in [-0.15, -0.1) is 0 Å². The van der Waals surface area contributed by atoms with Crippen molar-refractivity contribution >= 4 is 11.9 Å². The summed E-state index contributed by atoms with van der Waals surface area (Å²) in [4.78, 5) is 36.5. The lowest BCUT2D eigenvalue weighted by Gasteiger charge is -2.17. The Kier molecular flexibility index (Phi) is 6.54. The maximum absolute atomic E-state index is 13.5. The number of nitrogens with one attached hydrogen (secondary N) is 2. The fourth-order valence-electron chi connectivity index (χ4n) is 3.37. The first-order valence-electron chi connectivity index (χ1n) is 10.3. The van der Waals surface area contributed by atoms with Crippen molar-refractivity contribution in [3.05, 3.63) is 112 Å². The van der Waals surface area contributed by atoms with Gasteiger partial charge >= 0.3 is 5.97 Å². The molecule has 0 saturated heterocycles. The van der Waals surface area contributed by atoms with Gasteiger partial charge < -0.3 is 15.2 Å². The number of aliphatic carboxylic acids is 1. The molecule has 3 N–H and O–H groups in total. The average molecular weight is 461 g/mol. The predicted octanol–water partition coefficient (Wildman–Crippen LogP) is 4.04. The van der Waals surface area contributed by atoms with Crippen molar-refractivity contribution in [2.45, 2.75) is 12.5 Å². The number of benzene rings is 3. The lowest BCUT2D eigenvalue weighted by molar-refractivity contribution is -0.137. The number of hydrogen-bond acceptors (Lipinski definition) is 4. The molecule has 4 aromatic rings. The number of amides is 1. The van der Waals surface area contributed by atoms with Crippen LogP contribution in [0.2, 0.25) is 0 Å². The molecule has 172 valence electrons. The van der Waals surface area contributed by atoms with E-state index < -0.39 is 29.3 Å². The number of aromatic nitrogens is 2. The molecule has 34 heavy (non-hydrogen) atoms. The molecular weight excluding hydrogens is 441 g/mol. The van der Waals surface area contributed by atoms with Crippen LogP contribution < -0.4 is 15.6 Å². The van der Waals surface area contributed by atoms with Crippen molar-refractivity contribution in [1.82, 2.24) is 15.1 Å². The van der Waals surface area contributed by atoms with Gasteiger partial charge in [0.05, 0.1) is 18.2 Å². The highest BCUT2D eigenvalue weighted by Crippen LogP contribution is 2.25. The molecule has 8 nitrogen and oxygen atoms in total. The minimum atomic E-state index is -1.11. The molecule has 1 unspecified atom stereocenters. The highest BCUT2D eigenvalue weighted by atomic mass is 19.1. The molecule has 1 heterocycles. The van der Waals surface area contributed by atoms with Crippen LogP contribution in [0.25, 0.3) is 5.69 Å². The fraction of sp³-hybridized carbons (Fsp3) is 0.0800. The van der Waals surface area contributed by atoms with Gasteiger partial charge in [-0.2, -0.15) is 0 Å². The second-order valence-electron chi connectivity index (χ2n) is 7.43. The number of carbonyl (C=O) groups is 2. The molecule has 0 aliphatic rings. The number of ether oxygens (including phenoxy) is 1. The molecule has 0 saturated carbocycles. The number of halogens is 1. The molecule has 1 amide bonds. The maximum atomic E-state index is 13.5. The summed E-state index contributed by atoms with van der Waals surface area (Å²) in [5.41, 5.74) is 0.116. The van der Waals surface area contributed by atoms with Gasteiger partial charge in [0.15, 0.2) is 0 Å². The Bertz CT molecular complexity index is 1360. The smallest absolute Gasteiger partial charge is 0.305 e. The average Bonchev–Trinajstić information content (AvgIpc) is 3.21. The van der Waals surface area contributed by atoms with Crippen LogP contribution in [-0.4, -0.2) is 26.8 Å². The molecule has 9 heteroatoms. The first-order chi connectivity index (χ1) is 16.4. The van der Waals surface area contributed by atoms with E-state index in [4.69, 9.17) is 4.74 Å². The molecule has 0 radical (unpaired) electrons. The summed E-state index contributed by atoms with van der Waals surface area (Å²) in [5.74, 6) is -1.13. The Morgan fingerprint density at radius 3 is 2.35 bits per heavy atom. The standard InChI is InChI=1S/C25H20FN3O5/c26-17-5-4-6-18(13-17)29-23(30)14-22(28-29)25(33)27-21(15-24(31)32)16-9-11-20(12-10-16)34-19-7-2-1-3-8-19/h1-14,21,28H,15H2,(H,27,33)(H,31,32). The van der Waals surface area contributed by atoms with Crippen LogP contribution in [0.5, 0.6) is 11.5 Å². The molecule has 0 bridgehead atoms. The van der Waals surface area contributed by atoms with E-state index in [-0.39, 0.29) is 17.8 Å². The van der Waals surface area contributed by atoms with Gasteiger partial charge in [-0.05, 0) is 48.0 Å². The predicted molar refractivity (Wildman–Crippen MR) is 122 cm³/mol. The maximum Gasteiger partial charge on any atom is 0.305 e. The zero-order valence-electron chi connectivity index (χ0n) is 17.8. The third-order valence-corrected chi connectivity index (χ3v) is 4.98. The number of rotatable bonds is 8. The monoisotopic (exact) mass is 461 g/mol. The summed E-state index contributed by atoms with van der Waals surface area (Å²) in [5, 5.41) is 14.6. The first kappa shape index (κ1) is 22.5. The Balaban J connectivity index is 1.52. The molecule has 0 spiro atoms. The molecule has 1 aromatic heterocycles. The van der Waals surface area contributed by atoms with Gasteiger partial charge in [-0.25, -0.2) is 9.07 Å². The second kappa shape index (κ2) is 9.86. The van der Waals surface area contributed by atoms with Crippen LogP contribution in [0.15, 0.2) is 89.7 Å². The van der Waals surface area contributed by atoms with Crippen LogP contribution >= 0.6 is 0 Å². The highest BCUT2D eigenvalue weighted by Gasteiger charge is 2.21. The Labute approximate surface area is 193 Å². The molecule has 0 fully saturated rings. The summed E-state index contributed by atoms with van der Waals surface area (Å²) in [6.45, 7) is 0. The van der Waals surface area contributed by atoms with Crippen molar-refractivity contribution in [3.8, 4) is 17.2 Å². The third kappa shape index (κ3) is 5.39. The number of H-pyrrole nitrogens is 1. The zero-order valence-corrected chi connectivity index (χ0v) is 17.8. The molecule has 3 aromatic carbocycles. The number of para-hydroxylation sites is 1. The van der Waals surface area contributed by atoms with Crippen LogP contribution in [0.1, 0.15) is 28.5 Å².